The number of benzene rings is 1. The predicted octanol–water partition coefficient (Wildman–Crippen LogP) is 2.25. The molecule has 0 saturated carbocycles. The molecule has 1 aromatic carbocycles. The maximum atomic E-state index is 14.1. The van der Waals surface area contributed by atoms with E-state index in [1.807, 2.05) is 0 Å². The largest absolute Gasteiger partial charge is 0.495 e. The van der Waals surface area contributed by atoms with Crippen molar-refractivity contribution in [2.45, 2.75) is 25.0 Å². The Morgan fingerprint density at radius 2 is 2.16 bits per heavy atom. The highest BCUT2D eigenvalue weighted by molar-refractivity contribution is 5.79. The average molecular weight is 348 g/mol. The second kappa shape index (κ2) is 7.14. The number of halogens is 2. The lowest BCUT2D eigenvalue weighted by Gasteiger charge is -2.25. The molecule has 1 amide bonds. The molecule has 2 heterocycles. The van der Waals surface area contributed by atoms with Crippen LogP contribution in [-0.2, 0) is 11.2 Å². The lowest BCUT2D eigenvalue weighted by Crippen LogP contribution is -2.33. The van der Waals surface area contributed by atoms with Gasteiger partial charge in [-0.1, -0.05) is 0 Å². The topological polar surface area (TPSA) is 62.7 Å². The number of carbonyl (C=O) groups excluding carboxylic acids is 1. The van der Waals surface area contributed by atoms with Crippen molar-refractivity contribution in [3.63, 3.8) is 0 Å². The molecule has 1 saturated heterocycles. The molecule has 1 N–H and O–H groups in total. The fraction of sp³-hybridized carbons (Fsp3) is 0.333. The number of ether oxygens (including phenoxy) is 1. The predicted molar refractivity (Wildman–Crippen MR) is 85.9 cm³/mol. The fourth-order valence-corrected chi connectivity index (χ4v) is 3.05. The Kier molecular flexibility index (Phi) is 4.94. The number of pyridine rings is 1. The van der Waals surface area contributed by atoms with Crippen LogP contribution < -0.4 is 4.74 Å². The molecule has 0 radical (unpaired) electrons. The minimum Gasteiger partial charge on any atom is -0.495 e. The molecule has 132 valence electrons. The van der Waals surface area contributed by atoms with Crippen LogP contribution in [0.4, 0.5) is 8.78 Å². The van der Waals surface area contributed by atoms with Crippen LogP contribution in [0.15, 0.2) is 36.5 Å². The smallest absolute Gasteiger partial charge is 0.229 e. The van der Waals surface area contributed by atoms with Gasteiger partial charge in [-0.05, 0) is 36.8 Å². The summed E-state index contributed by atoms with van der Waals surface area (Å²) >= 11 is 0. The van der Waals surface area contributed by atoms with E-state index in [-0.39, 0.29) is 30.9 Å². The van der Waals surface area contributed by atoms with Gasteiger partial charge in [0.25, 0.3) is 0 Å². The molecular formula is C18H18F2N2O3. The molecule has 1 aromatic heterocycles. The molecule has 0 aliphatic carbocycles. The monoisotopic (exact) mass is 348 g/mol. The van der Waals surface area contributed by atoms with Gasteiger partial charge in [0, 0.05) is 17.8 Å². The van der Waals surface area contributed by atoms with Gasteiger partial charge in [-0.15, -0.1) is 0 Å². The van der Waals surface area contributed by atoms with E-state index in [2.05, 4.69) is 4.98 Å². The summed E-state index contributed by atoms with van der Waals surface area (Å²) in [6, 6.07) is 5.79. The van der Waals surface area contributed by atoms with Crippen LogP contribution in [0.25, 0.3) is 0 Å². The van der Waals surface area contributed by atoms with Crippen molar-refractivity contribution in [3.05, 3.63) is 59.4 Å². The first-order valence-electron chi connectivity index (χ1n) is 7.89. The quantitative estimate of drug-likeness (QED) is 0.921. The van der Waals surface area contributed by atoms with Gasteiger partial charge in [0.05, 0.1) is 31.9 Å². The van der Waals surface area contributed by atoms with Crippen molar-refractivity contribution in [2.24, 2.45) is 0 Å². The number of hydrogen-bond acceptors (Lipinski definition) is 4. The highest BCUT2D eigenvalue weighted by Crippen LogP contribution is 2.34. The molecule has 1 aliphatic rings. The SMILES string of the molecule is COc1ccc(CC(=O)N2C[C@H](O)C[C@H]2c2cc(F)ccc2F)nc1. The normalized spacial score (nSPS) is 19.9. The molecule has 1 aliphatic heterocycles. The molecule has 2 atom stereocenters. The van der Waals surface area contributed by atoms with E-state index in [0.29, 0.717) is 11.4 Å². The zero-order valence-corrected chi connectivity index (χ0v) is 13.7. The number of aliphatic hydroxyl groups excluding tert-OH is 1. The summed E-state index contributed by atoms with van der Waals surface area (Å²) in [5, 5.41) is 9.93. The molecule has 7 heteroatoms. The Bertz CT molecular complexity index is 767. The first kappa shape index (κ1) is 17.3. The van der Waals surface area contributed by atoms with Gasteiger partial charge in [0.1, 0.15) is 17.4 Å². The average Bonchev–Trinajstić information content (AvgIpc) is 2.99. The van der Waals surface area contributed by atoms with Crippen LogP contribution in [0.3, 0.4) is 0 Å². The molecule has 1 fully saturated rings. The molecular weight excluding hydrogens is 330 g/mol. The minimum atomic E-state index is -0.777. The van der Waals surface area contributed by atoms with Crippen molar-refractivity contribution < 1.29 is 23.4 Å². The Morgan fingerprint density at radius 3 is 2.84 bits per heavy atom. The van der Waals surface area contributed by atoms with Crippen molar-refractivity contribution in [2.75, 3.05) is 13.7 Å². The van der Waals surface area contributed by atoms with E-state index in [1.54, 1.807) is 12.1 Å². The van der Waals surface area contributed by atoms with Crippen LogP contribution in [0.1, 0.15) is 23.7 Å². The Labute approximate surface area is 143 Å². The van der Waals surface area contributed by atoms with E-state index in [0.717, 1.165) is 18.2 Å². The molecule has 3 rings (SSSR count). The zero-order chi connectivity index (χ0) is 18.0. The number of β-amino-alcohol motifs (C(OH)–C–C–N with tert-alkyl or cyclic N) is 1. The summed E-state index contributed by atoms with van der Waals surface area (Å²) in [5.74, 6) is -0.904. The van der Waals surface area contributed by atoms with E-state index < -0.39 is 23.8 Å². The van der Waals surface area contributed by atoms with Gasteiger partial charge < -0.3 is 14.7 Å². The molecule has 0 unspecified atom stereocenters. The highest BCUT2D eigenvalue weighted by atomic mass is 19.1. The number of carbonyl (C=O) groups is 1. The first-order valence-corrected chi connectivity index (χ1v) is 7.89. The van der Waals surface area contributed by atoms with Gasteiger partial charge in [-0.3, -0.25) is 9.78 Å². The fourth-order valence-electron chi connectivity index (χ4n) is 3.05. The summed E-state index contributed by atoms with van der Waals surface area (Å²) in [6.45, 7) is 0.0790. The third-order valence-electron chi connectivity index (χ3n) is 4.28. The van der Waals surface area contributed by atoms with Crippen LogP contribution in [0.2, 0.25) is 0 Å². The molecule has 25 heavy (non-hydrogen) atoms. The summed E-state index contributed by atoms with van der Waals surface area (Å²) in [5.41, 5.74) is 0.609. The highest BCUT2D eigenvalue weighted by Gasteiger charge is 2.36. The second-order valence-corrected chi connectivity index (χ2v) is 5.98. The minimum absolute atomic E-state index is 0.00412. The number of methoxy groups -OCH3 is 1. The van der Waals surface area contributed by atoms with Gasteiger partial charge >= 0.3 is 0 Å². The van der Waals surface area contributed by atoms with E-state index >= 15 is 0 Å². The van der Waals surface area contributed by atoms with Crippen molar-refractivity contribution in [3.8, 4) is 5.75 Å². The summed E-state index contributed by atoms with van der Waals surface area (Å²) in [6.07, 6.45) is 0.901. The van der Waals surface area contributed by atoms with Crippen molar-refractivity contribution in [1.82, 2.24) is 9.88 Å². The Morgan fingerprint density at radius 1 is 1.36 bits per heavy atom. The molecule has 2 aromatic rings. The summed E-state index contributed by atoms with van der Waals surface area (Å²) < 4.78 is 32.6. The Hall–Kier alpha value is -2.54. The molecule has 0 bridgehead atoms. The zero-order valence-electron chi connectivity index (χ0n) is 13.7. The summed E-state index contributed by atoms with van der Waals surface area (Å²) in [7, 11) is 1.52. The van der Waals surface area contributed by atoms with Crippen LogP contribution in [-0.4, -0.2) is 40.7 Å². The van der Waals surface area contributed by atoms with E-state index in [9.17, 15) is 18.7 Å². The first-order chi connectivity index (χ1) is 12.0. The second-order valence-electron chi connectivity index (χ2n) is 5.98. The van der Waals surface area contributed by atoms with Crippen LogP contribution in [0.5, 0.6) is 5.75 Å². The van der Waals surface area contributed by atoms with Gasteiger partial charge in [0.15, 0.2) is 0 Å². The van der Waals surface area contributed by atoms with E-state index in [4.69, 9.17) is 4.74 Å². The lowest BCUT2D eigenvalue weighted by molar-refractivity contribution is -0.131. The number of aliphatic hydroxyl groups is 1. The number of hydrogen-bond donors (Lipinski definition) is 1. The summed E-state index contributed by atoms with van der Waals surface area (Å²) in [4.78, 5) is 18.1. The van der Waals surface area contributed by atoms with Crippen LogP contribution in [0, 0.1) is 11.6 Å². The van der Waals surface area contributed by atoms with Crippen molar-refractivity contribution >= 4 is 5.91 Å². The maximum absolute atomic E-state index is 14.1. The van der Waals surface area contributed by atoms with E-state index in [1.165, 1.54) is 18.2 Å². The van der Waals surface area contributed by atoms with Gasteiger partial charge in [0.2, 0.25) is 5.91 Å². The standard InChI is InChI=1S/C18H18F2N2O3/c1-25-14-4-3-12(21-9-14)7-18(24)22-10-13(23)8-17(22)15-6-11(19)2-5-16(15)20/h2-6,9,13,17,23H,7-8,10H2,1H3/t13-,17+/m1/s1. The number of rotatable bonds is 4. The number of nitrogens with zero attached hydrogens (tertiary/aromatic N) is 2. The number of aromatic nitrogens is 1. The third kappa shape index (κ3) is 3.76. The molecule has 0 spiro atoms. The van der Waals surface area contributed by atoms with Crippen molar-refractivity contribution in [1.29, 1.82) is 0 Å². The maximum Gasteiger partial charge on any atom is 0.229 e. The van der Waals surface area contributed by atoms with Gasteiger partial charge in [-0.2, -0.15) is 0 Å². The van der Waals surface area contributed by atoms with Gasteiger partial charge in [-0.25, -0.2) is 8.78 Å². The Balaban J connectivity index is 1.80. The lowest BCUT2D eigenvalue weighted by atomic mass is 10.0. The number of amides is 1. The number of likely N-dealkylation sites (tertiary alicyclic amines) is 1. The van der Waals surface area contributed by atoms with Crippen LogP contribution >= 0.6 is 0 Å². The molecule has 5 nitrogen and oxygen atoms in total. The third-order valence-corrected chi connectivity index (χ3v) is 4.28.